The molecule has 2 unspecified atom stereocenters. The van der Waals surface area contributed by atoms with Gasteiger partial charge in [-0.15, -0.1) is 0 Å². The highest BCUT2D eigenvalue weighted by molar-refractivity contribution is 5.40. The Morgan fingerprint density at radius 2 is 2.17 bits per heavy atom. The molecule has 0 aromatic heterocycles. The zero-order valence-corrected chi connectivity index (χ0v) is 13.8. The molecule has 2 aliphatic rings. The number of benzene rings is 1. The van der Waals surface area contributed by atoms with Crippen molar-refractivity contribution < 1.29 is 19.2 Å². The van der Waals surface area contributed by atoms with Gasteiger partial charge in [-0.2, -0.15) is 0 Å². The third-order valence-electron chi connectivity index (χ3n) is 5.57. The number of piperidine rings is 1. The first-order chi connectivity index (χ1) is 11.5. The minimum absolute atomic E-state index is 0.0856. The molecule has 1 N–H and O–H groups in total. The van der Waals surface area contributed by atoms with Crippen molar-refractivity contribution in [3.05, 3.63) is 39.7 Å². The average molecular weight is 338 g/mol. The molecule has 24 heavy (non-hydrogen) atoms. The Labute approximate surface area is 140 Å². The summed E-state index contributed by atoms with van der Waals surface area (Å²) in [5, 5.41) is 21.3. The topological polar surface area (TPSA) is 75.8 Å². The maximum Gasteiger partial charge on any atom is 0.276 e. The molecule has 2 fully saturated rings. The molecule has 0 radical (unpaired) electrons. The largest absolute Gasteiger partial charge is 0.392 e. The monoisotopic (exact) mass is 338 g/mol. The molecule has 1 saturated carbocycles. The van der Waals surface area contributed by atoms with Crippen molar-refractivity contribution in [1.29, 1.82) is 0 Å². The number of aliphatic hydroxyl groups excluding tert-OH is 1. The van der Waals surface area contributed by atoms with Crippen LogP contribution < -0.4 is 0 Å². The number of nitro groups is 1. The summed E-state index contributed by atoms with van der Waals surface area (Å²) in [6.45, 7) is 4.14. The van der Waals surface area contributed by atoms with Crippen LogP contribution in [0.1, 0.15) is 31.7 Å². The number of likely N-dealkylation sites (tertiary alicyclic amines) is 1. The average Bonchev–Trinajstić information content (AvgIpc) is 2.57. The smallest absolute Gasteiger partial charge is 0.276 e. The van der Waals surface area contributed by atoms with E-state index in [-0.39, 0.29) is 35.4 Å². The SMILES string of the molecule is CCOC1CC(O)C12CCN(Cc1c(F)cccc1[N+](=O)[O-])CC2. The fourth-order valence-electron chi connectivity index (χ4n) is 4.04. The Kier molecular flexibility index (Phi) is 4.85. The van der Waals surface area contributed by atoms with E-state index in [0.29, 0.717) is 26.1 Å². The molecule has 1 aliphatic carbocycles. The molecule has 1 spiro atoms. The summed E-state index contributed by atoms with van der Waals surface area (Å²) in [6, 6.07) is 3.96. The van der Waals surface area contributed by atoms with Gasteiger partial charge in [-0.25, -0.2) is 4.39 Å². The lowest BCUT2D eigenvalue weighted by atomic mass is 9.58. The molecule has 1 aromatic carbocycles. The summed E-state index contributed by atoms with van der Waals surface area (Å²) in [6.07, 6.45) is 1.94. The molecule has 7 heteroatoms. The van der Waals surface area contributed by atoms with E-state index in [2.05, 4.69) is 0 Å². The lowest BCUT2D eigenvalue weighted by Gasteiger charge is -2.56. The van der Waals surface area contributed by atoms with E-state index in [9.17, 15) is 19.6 Å². The van der Waals surface area contributed by atoms with E-state index in [4.69, 9.17) is 4.74 Å². The van der Waals surface area contributed by atoms with Crippen LogP contribution in [0.25, 0.3) is 0 Å². The molecule has 3 rings (SSSR count). The number of halogens is 1. The lowest BCUT2D eigenvalue weighted by molar-refractivity contribution is -0.386. The zero-order valence-electron chi connectivity index (χ0n) is 13.8. The third kappa shape index (κ3) is 2.92. The number of aliphatic hydroxyl groups is 1. The van der Waals surface area contributed by atoms with Crippen LogP contribution in [0.5, 0.6) is 0 Å². The van der Waals surface area contributed by atoms with Crippen LogP contribution in [-0.2, 0) is 11.3 Å². The van der Waals surface area contributed by atoms with Gasteiger partial charge in [0.15, 0.2) is 0 Å². The molecule has 1 saturated heterocycles. The first kappa shape index (κ1) is 17.3. The Balaban J connectivity index is 1.67. The Morgan fingerprint density at radius 1 is 1.46 bits per heavy atom. The van der Waals surface area contributed by atoms with Gasteiger partial charge < -0.3 is 9.84 Å². The Bertz CT molecular complexity index is 615. The first-order valence-electron chi connectivity index (χ1n) is 8.41. The van der Waals surface area contributed by atoms with Crippen molar-refractivity contribution in [1.82, 2.24) is 4.90 Å². The molecule has 0 bridgehead atoms. The van der Waals surface area contributed by atoms with E-state index >= 15 is 0 Å². The van der Waals surface area contributed by atoms with E-state index < -0.39 is 10.7 Å². The van der Waals surface area contributed by atoms with Crippen molar-refractivity contribution in [2.75, 3.05) is 19.7 Å². The summed E-state index contributed by atoms with van der Waals surface area (Å²) < 4.78 is 19.8. The number of nitrogens with zero attached hydrogens (tertiary/aromatic N) is 2. The van der Waals surface area contributed by atoms with Gasteiger partial charge in [-0.3, -0.25) is 15.0 Å². The molecular weight excluding hydrogens is 315 g/mol. The summed E-state index contributed by atoms with van der Waals surface area (Å²) in [5.74, 6) is -0.541. The molecule has 2 atom stereocenters. The number of hydrogen-bond donors (Lipinski definition) is 1. The van der Waals surface area contributed by atoms with E-state index in [0.717, 1.165) is 12.8 Å². The van der Waals surface area contributed by atoms with Gasteiger partial charge in [0.2, 0.25) is 0 Å². The van der Waals surface area contributed by atoms with Crippen LogP contribution >= 0.6 is 0 Å². The van der Waals surface area contributed by atoms with Gasteiger partial charge in [0.25, 0.3) is 5.69 Å². The van der Waals surface area contributed by atoms with Gasteiger partial charge in [0.05, 0.1) is 22.7 Å². The van der Waals surface area contributed by atoms with Crippen LogP contribution in [0.4, 0.5) is 10.1 Å². The van der Waals surface area contributed by atoms with Crippen molar-refractivity contribution in [2.45, 2.75) is 44.9 Å². The number of nitro benzene ring substituents is 1. The van der Waals surface area contributed by atoms with Gasteiger partial charge in [-0.05, 0) is 38.9 Å². The van der Waals surface area contributed by atoms with Crippen molar-refractivity contribution in [2.24, 2.45) is 5.41 Å². The summed E-state index contributed by atoms with van der Waals surface area (Å²) in [7, 11) is 0. The maximum atomic E-state index is 14.0. The van der Waals surface area contributed by atoms with Gasteiger partial charge >= 0.3 is 0 Å². The van der Waals surface area contributed by atoms with Gasteiger partial charge in [0.1, 0.15) is 5.82 Å². The lowest BCUT2D eigenvalue weighted by Crippen LogP contribution is -2.62. The van der Waals surface area contributed by atoms with E-state index in [1.54, 1.807) is 0 Å². The van der Waals surface area contributed by atoms with Crippen LogP contribution in [0.15, 0.2) is 18.2 Å². The number of rotatable bonds is 5. The normalized spacial score (nSPS) is 26.3. The molecule has 1 aliphatic heterocycles. The first-order valence-corrected chi connectivity index (χ1v) is 8.41. The number of hydrogen-bond acceptors (Lipinski definition) is 5. The predicted octanol–water partition coefficient (Wildman–Crippen LogP) is 2.49. The van der Waals surface area contributed by atoms with Crippen molar-refractivity contribution in [3.63, 3.8) is 0 Å². The second-order valence-corrected chi connectivity index (χ2v) is 6.70. The fraction of sp³-hybridized carbons (Fsp3) is 0.647. The van der Waals surface area contributed by atoms with Crippen LogP contribution in [-0.4, -0.2) is 46.8 Å². The highest BCUT2D eigenvalue weighted by Gasteiger charge is 2.55. The zero-order chi connectivity index (χ0) is 17.3. The van der Waals surface area contributed by atoms with Gasteiger partial charge in [0, 0.05) is 31.1 Å². The molecule has 0 amide bonds. The third-order valence-corrected chi connectivity index (χ3v) is 5.57. The molecular formula is C17H23FN2O4. The Morgan fingerprint density at radius 3 is 2.75 bits per heavy atom. The van der Waals surface area contributed by atoms with Crippen LogP contribution in [0.3, 0.4) is 0 Å². The van der Waals surface area contributed by atoms with Crippen molar-refractivity contribution >= 4 is 5.69 Å². The number of ether oxygens (including phenoxy) is 1. The summed E-state index contributed by atoms with van der Waals surface area (Å²) in [5.41, 5.74) is -0.242. The highest BCUT2D eigenvalue weighted by Crippen LogP contribution is 2.51. The van der Waals surface area contributed by atoms with Crippen molar-refractivity contribution in [3.8, 4) is 0 Å². The molecule has 1 heterocycles. The van der Waals surface area contributed by atoms with Crippen LogP contribution in [0, 0.1) is 21.3 Å². The van der Waals surface area contributed by atoms with Gasteiger partial charge in [-0.1, -0.05) is 6.07 Å². The highest BCUT2D eigenvalue weighted by atomic mass is 19.1. The summed E-state index contributed by atoms with van der Waals surface area (Å²) >= 11 is 0. The molecule has 132 valence electrons. The van der Waals surface area contributed by atoms with E-state index in [1.807, 2.05) is 11.8 Å². The van der Waals surface area contributed by atoms with Crippen LogP contribution in [0.2, 0.25) is 0 Å². The molecule has 1 aromatic rings. The predicted molar refractivity (Wildman–Crippen MR) is 86.0 cm³/mol. The second-order valence-electron chi connectivity index (χ2n) is 6.70. The fourth-order valence-corrected chi connectivity index (χ4v) is 4.04. The standard InChI is InChI=1S/C17H23FN2O4/c1-2-24-16-10-15(21)17(16)6-8-19(9-7-17)11-12-13(18)4-3-5-14(12)20(22)23/h3-5,15-16,21H,2,6-11H2,1H3. The van der Waals surface area contributed by atoms with E-state index in [1.165, 1.54) is 18.2 Å². The molecule has 6 nitrogen and oxygen atoms in total. The maximum absolute atomic E-state index is 14.0. The minimum Gasteiger partial charge on any atom is -0.392 e. The Hall–Kier alpha value is -1.57. The second kappa shape index (κ2) is 6.74. The summed E-state index contributed by atoms with van der Waals surface area (Å²) in [4.78, 5) is 12.6. The minimum atomic E-state index is -0.541. The quantitative estimate of drug-likeness (QED) is 0.659.